The van der Waals surface area contributed by atoms with E-state index >= 15 is 0 Å². The number of likely N-dealkylation sites (tertiary alicyclic amines) is 1. The van der Waals surface area contributed by atoms with Gasteiger partial charge in [0, 0.05) is 32.1 Å². The van der Waals surface area contributed by atoms with Crippen LogP contribution in [0.15, 0.2) is 24.3 Å². The Morgan fingerprint density at radius 2 is 1.92 bits per heavy atom. The minimum atomic E-state index is -0.914. The van der Waals surface area contributed by atoms with Gasteiger partial charge in [-0.15, -0.1) is 0 Å². The van der Waals surface area contributed by atoms with E-state index in [0.29, 0.717) is 19.6 Å². The lowest BCUT2D eigenvalue weighted by Gasteiger charge is -2.31. The number of carbonyl (C=O) groups is 2. The van der Waals surface area contributed by atoms with Crippen molar-refractivity contribution in [2.24, 2.45) is 5.92 Å². The first-order chi connectivity index (χ1) is 11.7. The van der Waals surface area contributed by atoms with Gasteiger partial charge in [0.1, 0.15) is 0 Å². The standard InChI is InChI=1S/C20H28N2O3/c1-14-4-6-15(7-5-14)11-21-12-16(10-18(21)23)19(24)22(17-8-9-17)13-20(2,3)25/h4-7,16-17,25H,8-13H2,1-3H3. The van der Waals surface area contributed by atoms with Crippen LogP contribution in [0.25, 0.3) is 0 Å². The molecule has 25 heavy (non-hydrogen) atoms. The van der Waals surface area contributed by atoms with Crippen molar-refractivity contribution in [3.8, 4) is 0 Å². The molecule has 1 aliphatic carbocycles. The van der Waals surface area contributed by atoms with E-state index in [1.54, 1.807) is 23.6 Å². The fourth-order valence-electron chi connectivity index (χ4n) is 3.43. The molecule has 2 aliphatic rings. The molecule has 3 rings (SSSR count). The monoisotopic (exact) mass is 344 g/mol. The molecule has 1 aliphatic heterocycles. The Morgan fingerprint density at radius 1 is 1.28 bits per heavy atom. The summed E-state index contributed by atoms with van der Waals surface area (Å²) in [7, 11) is 0. The Hall–Kier alpha value is -1.88. The quantitative estimate of drug-likeness (QED) is 0.860. The number of hydrogen-bond donors (Lipinski definition) is 1. The van der Waals surface area contributed by atoms with Gasteiger partial charge in [0.2, 0.25) is 11.8 Å². The lowest BCUT2D eigenvalue weighted by atomic mass is 10.0. The molecule has 0 aromatic heterocycles. The third-order valence-electron chi connectivity index (χ3n) is 4.89. The van der Waals surface area contributed by atoms with Gasteiger partial charge in [0.15, 0.2) is 0 Å². The van der Waals surface area contributed by atoms with Crippen molar-refractivity contribution in [3.63, 3.8) is 0 Å². The minimum Gasteiger partial charge on any atom is -0.389 e. The van der Waals surface area contributed by atoms with E-state index in [-0.39, 0.29) is 30.2 Å². The number of benzene rings is 1. The molecule has 1 saturated heterocycles. The Kier molecular flexibility index (Phi) is 4.87. The minimum absolute atomic E-state index is 0.0179. The third kappa shape index (κ3) is 4.60. The number of aliphatic hydroxyl groups is 1. The molecule has 0 radical (unpaired) electrons. The van der Waals surface area contributed by atoms with Crippen molar-refractivity contribution in [1.29, 1.82) is 0 Å². The van der Waals surface area contributed by atoms with E-state index in [9.17, 15) is 14.7 Å². The predicted molar refractivity (Wildman–Crippen MR) is 95.7 cm³/mol. The smallest absolute Gasteiger partial charge is 0.228 e. The lowest BCUT2D eigenvalue weighted by molar-refractivity contribution is -0.139. The van der Waals surface area contributed by atoms with Crippen LogP contribution in [-0.4, -0.2) is 51.5 Å². The van der Waals surface area contributed by atoms with Crippen molar-refractivity contribution < 1.29 is 14.7 Å². The van der Waals surface area contributed by atoms with Crippen molar-refractivity contribution in [1.82, 2.24) is 9.80 Å². The molecular formula is C20H28N2O3. The first-order valence-corrected chi connectivity index (χ1v) is 9.09. The molecule has 5 heteroatoms. The van der Waals surface area contributed by atoms with Crippen molar-refractivity contribution in [3.05, 3.63) is 35.4 Å². The van der Waals surface area contributed by atoms with Crippen molar-refractivity contribution in [2.75, 3.05) is 13.1 Å². The summed E-state index contributed by atoms with van der Waals surface area (Å²) in [6.07, 6.45) is 2.27. The summed E-state index contributed by atoms with van der Waals surface area (Å²) < 4.78 is 0. The van der Waals surface area contributed by atoms with Crippen LogP contribution in [0.4, 0.5) is 0 Å². The molecule has 1 unspecified atom stereocenters. The van der Waals surface area contributed by atoms with Crippen LogP contribution >= 0.6 is 0 Å². The lowest BCUT2D eigenvalue weighted by Crippen LogP contribution is -2.46. The van der Waals surface area contributed by atoms with Crippen LogP contribution in [0.2, 0.25) is 0 Å². The van der Waals surface area contributed by atoms with Crippen molar-refractivity contribution >= 4 is 11.8 Å². The average Bonchev–Trinajstić information content (AvgIpc) is 3.30. The number of aryl methyl sites for hydroxylation is 1. The van der Waals surface area contributed by atoms with Crippen LogP contribution in [0.1, 0.15) is 44.2 Å². The highest BCUT2D eigenvalue weighted by atomic mass is 16.3. The highest BCUT2D eigenvalue weighted by Crippen LogP contribution is 2.32. The predicted octanol–water partition coefficient (Wildman–Crippen LogP) is 2.11. The Morgan fingerprint density at radius 3 is 2.48 bits per heavy atom. The Balaban J connectivity index is 1.64. The molecule has 2 fully saturated rings. The zero-order valence-electron chi connectivity index (χ0n) is 15.4. The molecular weight excluding hydrogens is 316 g/mol. The van der Waals surface area contributed by atoms with Crippen molar-refractivity contribution in [2.45, 2.75) is 58.2 Å². The van der Waals surface area contributed by atoms with Crippen LogP contribution < -0.4 is 0 Å². The van der Waals surface area contributed by atoms with E-state index in [2.05, 4.69) is 0 Å². The maximum atomic E-state index is 12.9. The van der Waals surface area contributed by atoms with E-state index in [1.165, 1.54) is 5.56 Å². The second-order valence-electron chi connectivity index (χ2n) is 8.17. The van der Waals surface area contributed by atoms with E-state index in [1.807, 2.05) is 31.2 Å². The number of hydrogen-bond acceptors (Lipinski definition) is 3. The molecule has 1 aromatic rings. The van der Waals surface area contributed by atoms with Crippen LogP contribution in [0, 0.1) is 12.8 Å². The molecule has 0 bridgehead atoms. The van der Waals surface area contributed by atoms with Gasteiger partial charge in [0.25, 0.3) is 0 Å². The van der Waals surface area contributed by atoms with Gasteiger partial charge in [0.05, 0.1) is 11.5 Å². The second-order valence-corrected chi connectivity index (χ2v) is 8.17. The summed E-state index contributed by atoms with van der Waals surface area (Å²) in [6.45, 7) is 6.84. The third-order valence-corrected chi connectivity index (χ3v) is 4.89. The van der Waals surface area contributed by atoms with Gasteiger partial charge in [-0.1, -0.05) is 29.8 Å². The Labute approximate surface area is 149 Å². The summed E-state index contributed by atoms with van der Waals surface area (Å²) >= 11 is 0. The largest absolute Gasteiger partial charge is 0.389 e. The van der Waals surface area contributed by atoms with Crippen LogP contribution in [0.5, 0.6) is 0 Å². The SMILES string of the molecule is Cc1ccc(CN2CC(C(=O)N(CC(C)(C)O)C3CC3)CC2=O)cc1. The second kappa shape index (κ2) is 6.79. The topological polar surface area (TPSA) is 60.9 Å². The molecule has 0 spiro atoms. The average molecular weight is 344 g/mol. The fraction of sp³-hybridized carbons (Fsp3) is 0.600. The maximum absolute atomic E-state index is 12.9. The number of carbonyl (C=O) groups excluding carboxylic acids is 2. The van der Waals surface area contributed by atoms with E-state index in [0.717, 1.165) is 18.4 Å². The zero-order valence-corrected chi connectivity index (χ0v) is 15.4. The Bertz CT molecular complexity index is 644. The first kappa shape index (κ1) is 17.9. The summed E-state index contributed by atoms with van der Waals surface area (Å²) in [5.74, 6) is -0.233. The van der Waals surface area contributed by atoms with Gasteiger partial charge >= 0.3 is 0 Å². The molecule has 5 nitrogen and oxygen atoms in total. The molecule has 1 saturated carbocycles. The van der Waals surface area contributed by atoms with Gasteiger partial charge in [-0.05, 0) is 39.2 Å². The van der Waals surface area contributed by atoms with Crippen LogP contribution in [0.3, 0.4) is 0 Å². The summed E-state index contributed by atoms with van der Waals surface area (Å²) in [5.41, 5.74) is 1.36. The van der Waals surface area contributed by atoms with Gasteiger partial charge in [-0.25, -0.2) is 0 Å². The van der Waals surface area contributed by atoms with Gasteiger partial charge < -0.3 is 14.9 Å². The highest BCUT2D eigenvalue weighted by Gasteiger charge is 2.42. The maximum Gasteiger partial charge on any atom is 0.228 e. The molecule has 1 N–H and O–H groups in total. The first-order valence-electron chi connectivity index (χ1n) is 9.09. The van der Waals surface area contributed by atoms with Crippen LogP contribution in [-0.2, 0) is 16.1 Å². The van der Waals surface area contributed by atoms with Gasteiger partial charge in [-0.3, -0.25) is 9.59 Å². The summed E-state index contributed by atoms with van der Waals surface area (Å²) in [4.78, 5) is 28.9. The highest BCUT2D eigenvalue weighted by molar-refractivity contribution is 5.89. The van der Waals surface area contributed by atoms with E-state index < -0.39 is 5.60 Å². The molecule has 2 amide bonds. The normalized spacial score (nSPS) is 20.9. The van der Waals surface area contributed by atoms with Gasteiger partial charge in [-0.2, -0.15) is 0 Å². The number of rotatable bonds is 6. The number of nitrogens with zero attached hydrogens (tertiary/aromatic N) is 2. The molecule has 1 atom stereocenters. The molecule has 1 heterocycles. The molecule has 1 aromatic carbocycles. The zero-order chi connectivity index (χ0) is 18.2. The molecule has 136 valence electrons. The number of amides is 2. The summed E-state index contributed by atoms with van der Waals surface area (Å²) in [6, 6.07) is 8.37. The summed E-state index contributed by atoms with van der Waals surface area (Å²) in [5, 5.41) is 10.1. The fourth-order valence-corrected chi connectivity index (χ4v) is 3.43. The van der Waals surface area contributed by atoms with E-state index in [4.69, 9.17) is 0 Å².